The van der Waals surface area contributed by atoms with E-state index in [9.17, 15) is 14.9 Å². The number of nitro benzene ring substituents is 1. The lowest BCUT2D eigenvalue weighted by atomic mass is 9.89. The van der Waals surface area contributed by atoms with E-state index in [0.717, 1.165) is 68.1 Å². The van der Waals surface area contributed by atoms with E-state index in [2.05, 4.69) is 9.80 Å². The molecule has 0 aliphatic carbocycles. The molecule has 0 spiro atoms. The molecule has 2 aliphatic rings. The summed E-state index contributed by atoms with van der Waals surface area (Å²) in [5.41, 5.74) is 3.46. The molecule has 0 unspecified atom stereocenters. The van der Waals surface area contributed by atoms with Gasteiger partial charge in [-0.15, -0.1) is 0 Å². The molecule has 0 saturated carbocycles. The fraction of sp³-hybridized carbons (Fsp3) is 0.538. The highest BCUT2D eigenvalue weighted by molar-refractivity contribution is 5.95. The number of piperidine rings is 1. The molecular weight excluding hydrogens is 446 g/mol. The first-order valence-corrected chi connectivity index (χ1v) is 12.4. The number of ether oxygens (including phenoxy) is 1. The van der Waals surface area contributed by atoms with Gasteiger partial charge in [0.15, 0.2) is 0 Å². The van der Waals surface area contributed by atoms with Gasteiger partial charge in [0, 0.05) is 69.6 Å². The number of aromatic nitrogens is 1. The van der Waals surface area contributed by atoms with Crippen LogP contribution in [0.1, 0.15) is 46.1 Å². The van der Waals surface area contributed by atoms with Crippen LogP contribution in [0.5, 0.6) is 0 Å². The van der Waals surface area contributed by atoms with E-state index in [-0.39, 0.29) is 22.4 Å². The summed E-state index contributed by atoms with van der Waals surface area (Å²) in [4.78, 5) is 35.9. The normalized spacial score (nSPS) is 18.1. The standard InChI is InChI=1S/C26H35N5O4/c1-20-7-8-23(26(32)30-15-13-28(14-16-30)17-18-35-2)25(27-20)21-9-11-29(12-10-21)19-22-5-3-4-6-24(22)31(33)34/h3-8,21H,9-19H2,1-2H3. The topological polar surface area (TPSA) is 92.1 Å². The Morgan fingerprint density at radius 2 is 1.77 bits per heavy atom. The average molecular weight is 482 g/mol. The molecule has 1 aromatic heterocycles. The van der Waals surface area contributed by atoms with Crippen molar-refractivity contribution in [2.45, 2.75) is 32.2 Å². The molecule has 2 aliphatic heterocycles. The van der Waals surface area contributed by atoms with Crippen LogP contribution in [0.25, 0.3) is 0 Å². The van der Waals surface area contributed by atoms with Crippen molar-refractivity contribution in [1.82, 2.24) is 19.7 Å². The van der Waals surface area contributed by atoms with Gasteiger partial charge in [0.1, 0.15) is 0 Å². The molecule has 1 amide bonds. The van der Waals surface area contributed by atoms with Crippen LogP contribution in [-0.4, -0.2) is 90.0 Å². The van der Waals surface area contributed by atoms with Gasteiger partial charge in [0.2, 0.25) is 0 Å². The van der Waals surface area contributed by atoms with Crippen molar-refractivity contribution in [2.75, 3.05) is 59.5 Å². The van der Waals surface area contributed by atoms with Gasteiger partial charge >= 0.3 is 0 Å². The summed E-state index contributed by atoms with van der Waals surface area (Å²) in [6, 6.07) is 10.8. The highest BCUT2D eigenvalue weighted by atomic mass is 16.6. The molecule has 0 atom stereocenters. The van der Waals surface area contributed by atoms with Gasteiger partial charge in [-0.3, -0.25) is 29.7 Å². The zero-order valence-electron chi connectivity index (χ0n) is 20.7. The number of carbonyl (C=O) groups is 1. The highest BCUT2D eigenvalue weighted by Crippen LogP contribution is 2.31. The first-order valence-electron chi connectivity index (χ1n) is 12.4. The predicted octanol–water partition coefficient (Wildman–Crippen LogP) is 3.08. The van der Waals surface area contributed by atoms with Gasteiger partial charge in [0.05, 0.1) is 22.8 Å². The number of hydrogen-bond donors (Lipinski definition) is 0. The summed E-state index contributed by atoms with van der Waals surface area (Å²) in [6.45, 7) is 8.89. The Morgan fingerprint density at radius 1 is 1.06 bits per heavy atom. The van der Waals surface area contributed by atoms with Crippen molar-refractivity contribution >= 4 is 11.6 Å². The number of pyridine rings is 1. The zero-order chi connectivity index (χ0) is 24.8. The van der Waals surface area contributed by atoms with Crippen LogP contribution in [0.4, 0.5) is 5.69 Å². The van der Waals surface area contributed by atoms with Crippen LogP contribution in [-0.2, 0) is 11.3 Å². The van der Waals surface area contributed by atoms with Gasteiger partial charge < -0.3 is 9.64 Å². The molecule has 0 N–H and O–H groups in total. The summed E-state index contributed by atoms with van der Waals surface area (Å²) in [5.74, 6) is 0.278. The largest absolute Gasteiger partial charge is 0.383 e. The Hall–Kier alpha value is -2.88. The fourth-order valence-corrected chi connectivity index (χ4v) is 5.06. The Morgan fingerprint density at radius 3 is 2.46 bits per heavy atom. The summed E-state index contributed by atoms with van der Waals surface area (Å²) in [7, 11) is 1.71. The molecule has 3 heterocycles. The predicted molar refractivity (Wildman–Crippen MR) is 134 cm³/mol. The second-order valence-electron chi connectivity index (χ2n) is 9.45. The molecule has 2 aromatic rings. The SMILES string of the molecule is COCCN1CCN(C(=O)c2ccc(C)nc2C2CCN(Cc3ccccc3[N+](=O)[O-])CC2)CC1. The molecule has 2 fully saturated rings. The number of hydrogen-bond acceptors (Lipinski definition) is 7. The van der Waals surface area contributed by atoms with Crippen LogP contribution in [0.15, 0.2) is 36.4 Å². The quantitative estimate of drug-likeness (QED) is 0.423. The molecule has 4 rings (SSSR count). The lowest BCUT2D eigenvalue weighted by molar-refractivity contribution is -0.385. The molecule has 0 bridgehead atoms. The summed E-state index contributed by atoms with van der Waals surface area (Å²) in [6.07, 6.45) is 1.75. The minimum absolute atomic E-state index is 0.0706. The third-order valence-corrected chi connectivity index (χ3v) is 7.12. The van der Waals surface area contributed by atoms with Crippen molar-refractivity contribution in [3.05, 3.63) is 69.0 Å². The Kier molecular flexibility index (Phi) is 8.43. The van der Waals surface area contributed by atoms with Crippen LogP contribution >= 0.6 is 0 Å². The monoisotopic (exact) mass is 481 g/mol. The maximum Gasteiger partial charge on any atom is 0.273 e. The summed E-state index contributed by atoms with van der Waals surface area (Å²) < 4.78 is 5.18. The number of benzene rings is 1. The molecule has 2 saturated heterocycles. The minimum Gasteiger partial charge on any atom is -0.383 e. The molecular formula is C26H35N5O4. The maximum atomic E-state index is 13.5. The number of nitrogens with zero attached hydrogens (tertiary/aromatic N) is 5. The van der Waals surface area contributed by atoms with Crippen LogP contribution < -0.4 is 0 Å². The molecule has 9 nitrogen and oxygen atoms in total. The van der Waals surface area contributed by atoms with Gasteiger partial charge in [-0.25, -0.2) is 0 Å². The molecule has 9 heteroatoms. The molecule has 188 valence electrons. The molecule has 0 radical (unpaired) electrons. The van der Waals surface area contributed by atoms with Crippen molar-refractivity contribution in [1.29, 1.82) is 0 Å². The number of nitro groups is 1. The van der Waals surface area contributed by atoms with Crippen molar-refractivity contribution in [3.63, 3.8) is 0 Å². The first-order chi connectivity index (χ1) is 17.0. The Bertz CT molecular complexity index is 1030. The number of piperazine rings is 1. The summed E-state index contributed by atoms with van der Waals surface area (Å²) >= 11 is 0. The van der Waals surface area contributed by atoms with E-state index in [0.29, 0.717) is 26.2 Å². The van der Waals surface area contributed by atoms with Crippen molar-refractivity contribution < 1.29 is 14.5 Å². The third-order valence-electron chi connectivity index (χ3n) is 7.12. The van der Waals surface area contributed by atoms with E-state index in [1.165, 1.54) is 0 Å². The third kappa shape index (κ3) is 6.22. The van der Waals surface area contributed by atoms with Crippen LogP contribution in [0.3, 0.4) is 0 Å². The smallest absolute Gasteiger partial charge is 0.273 e. The Labute approximate surface area is 206 Å². The first kappa shape index (κ1) is 25.2. The molecule has 1 aromatic carbocycles. The van der Waals surface area contributed by atoms with E-state index < -0.39 is 0 Å². The number of likely N-dealkylation sites (tertiary alicyclic amines) is 1. The Balaban J connectivity index is 1.40. The lowest BCUT2D eigenvalue weighted by Crippen LogP contribution is -2.49. The van der Waals surface area contributed by atoms with E-state index in [1.807, 2.05) is 36.1 Å². The van der Waals surface area contributed by atoms with E-state index >= 15 is 0 Å². The van der Waals surface area contributed by atoms with Gasteiger partial charge in [-0.1, -0.05) is 18.2 Å². The van der Waals surface area contributed by atoms with Gasteiger partial charge in [0.25, 0.3) is 11.6 Å². The lowest BCUT2D eigenvalue weighted by Gasteiger charge is -2.36. The van der Waals surface area contributed by atoms with E-state index in [1.54, 1.807) is 19.2 Å². The number of carbonyl (C=O) groups excluding carboxylic acids is 1. The number of methoxy groups -OCH3 is 1. The van der Waals surface area contributed by atoms with Gasteiger partial charge in [-0.05, 0) is 45.0 Å². The number of para-hydroxylation sites is 1. The van der Waals surface area contributed by atoms with Gasteiger partial charge in [-0.2, -0.15) is 0 Å². The van der Waals surface area contributed by atoms with Crippen LogP contribution in [0.2, 0.25) is 0 Å². The molecule has 35 heavy (non-hydrogen) atoms. The zero-order valence-corrected chi connectivity index (χ0v) is 20.7. The second kappa shape index (κ2) is 11.7. The van der Waals surface area contributed by atoms with Crippen LogP contribution in [0, 0.1) is 17.0 Å². The highest BCUT2D eigenvalue weighted by Gasteiger charge is 2.30. The second-order valence-corrected chi connectivity index (χ2v) is 9.45. The van der Waals surface area contributed by atoms with Crippen molar-refractivity contribution in [3.8, 4) is 0 Å². The maximum absolute atomic E-state index is 13.5. The fourth-order valence-electron chi connectivity index (χ4n) is 5.06. The minimum atomic E-state index is -0.311. The van der Waals surface area contributed by atoms with Crippen molar-refractivity contribution in [2.24, 2.45) is 0 Å². The number of amides is 1. The summed E-state index contributed by atoms with van der Waals surface area (Å²) in [5, 5.41) is 11.4. The number of aryl methyl sites for hydroxylation is 1. The van der Waals surface area contributed by atoms with E-state index in [4.69, 9.17) is 9.72 Å². The number of rotatable bonds is 8. The average Bonchev–Trinajstić information content (AvgIpc) is 2.88.